The fourth-order valence-electron chi connectivity index (χ4n) is 6.06. The Labute approximate surface area is 237 Å². The van der Waals surface area contributed by atoms with Crippen LogP contribution in [-0.2, 0) is 0 Å². The number of benzene rings is 5. The smallest absolute Gasteiger partial charge is 0.0715 e. The van der Waals surface area contributed by atoms with Crippen molar-refractivity contribution in [1.82, 2.24) is 15.0 Å². The Hall–Kier alpha value is -5.54. The first-order valence-electron chi connectivity index (χ1n) is 13.8. The number of pyridine rings is 2. The Balaban J connectivity index is 1.36. The van der Waals surface area contributed by atoms with Gasteiger partial charge in [-0.2, -0.15) is 0 Å². The molecule has 0 aliphatic rings. The highest BCUT2D eigenvalue weighted by Crippen LogP contribution is 2.42. The molecule has 1 N–H and O–H groups in total. The van der Waals surface area contributed by atoms with Crippen LogP contribution in [0.3, 0.4) is 0 Å². The lowest BCUT2D eigenvalue weighted by molar-refractivity contribution is 1.29. The predicted molar refractivity (Wildman–Crippen MR) is 171 cm³/mol. The molecule has 3 aromatic heterocycles. The second-order valence-electron chi connectivity index (χ2n) is 10.3. The van der Waals surface area contributed by atoms with Crippen LogP contribution in [0, 0.1) is 0 Å². The summed E-state index contributed by atoms with van der Waals surface area (Å²) in [4.78, 5) is 13.0. The van der Waals surface area contributed by atoms with E-state index in [1.807, 2.05) is 24.5 Å². The highest BCUT2D eigenvalue weighted by Gasteiger charge is 2.18. The Kier molecular flexibility index (Phi) is 5.46. The largest absolute Gasteiger partial charge is 0.353 e. The van der Waals surface area contributed by atoms with E-state index in [2.05, 4.69) is 131 Å². The zero-order valence-electron chi connectivity index (χ0n) is 22.3. The summed E-state index contributed by atoms with van der Waals surface area (Å²) in [5.74, 6) is 0. The van der Waals surface area contributed by atoms with Crippen molar-refractivity contribution in [3.63, 3.8) is 0 Å². The molecule has 192 valence electrons. The molecule has 8 aromatic rings. The molecule has 0 atom stereocenters. The van der Waals surface area contributed by atoms with Crippen LogP contribution in [-0.4, -0.2) is 15.0 Å². The molecular formula is C38H25N3. The van der Waals surface area contributed by atoms with Gasteiger partial charge in [-0.3, -0.25) is 4.98 Å². The van der Waals surface area contributed by atoms with Crippen molar-refractivity contribution in [2.45, 2.75) is 0 Å². The summed E-state index contributed by atoms with van der Waals surface area (Å²) in [5, 5.41) is 6.07. The number of fused-ring (bicyclic) bond motifs is 5. The predicted octanol–water partition coefficient (Wildman–Crippen LogP) is 9.93. The second kappa shape index (κ2) is 9.58. The molecule has 0 aliphatic heterocycles. The third-order valence-corrected chi connectivity index (χ3v) is 7.95. The fraction of sp³-hybridized carbons (Fsp3) is 0. The van der Waals surface area contributed by atoms with E-state index in [9.17, 15) is 0 Å². The summed E-state index contributed by atoms with van der Waals surface area (Å²) in [6.07, 6.45) is 3.61. The van der Waals surface area contributed by atoms with Crippen LogP contribution in [0.4, 0.5) is 0 Å². The van der Waals surface area contributed by atoms with Gasteiger partial charge < -0.3 is 4.98 Å². The number of rotatable bonds is 4. The van der Waals surface area contributed by atoms with Gasteiger partial charge in [0, 0.05) is 39.9 Å². The van der Waals surface area contributed by atoms with Gasteiger partial charge in [0.1, 0.15) is 0 Å². The number of hydrogen-bond donors (Lipinski definition) is 1. The molecule has 3 heteroatoms. The van der Waals surface area contributed by atoms with E-state index in [0.717, 1.165) is 33.7 Å². The summed E-state index contributed by atoms with van der Waals surface area (Å²) in [6, 6.07) is 47.1. The van der Waals surface area contributed by atoms with E-state index in [0.29, 0.717) is 0 Å². The van der Waals surface area contributed by atoms with E-state index in [-0.39, 0.29) is 0 Å². The molecule has 8 rings (SSSR count). The highest BCUT2D eigenvalue weighted by atomic mass is 14.7. The van der Waals surface area contributed by atoms with Gasteiger partial charge in [-0.1, -0.05) is 109 Å². The lowest BCUT2D eigenvalue weighted by atomic mass is 9.94. The van der Waals surface area contributed by atoms with Crippen molar-refractivity contribution in [2.75, 3.05) is 0 Å². The molecule has 0 saturated carbocycles. The van der Waals surface area contributed by atoms with Gasteiger partial charge in [0.05, 0.1) is 22.6 Å². The minimum Gasteiger partial charge on any atom is -0.353 e. The minimum atomic E-state index is 0.942. The van der Waals surface area contributed by atoms with Crippen molar-refractivity contribution in [2.24, 2.45) is 0 Å². The average Bonchev–Trinajstić information content (AvgIpc) is 3.46. The van der Waals surface area contributed by atoms with Crippen LogP contribution in [0.1, 0.15) is 0 Å². The van der Waals surface area contributed by atoms with E-state index in [1.54, 1.807) is 0 Å². The number of nitrogens with zero attached hydrogens (tertiary/aromatic N) is 2. The first-order chi connectivity index (χ1) is 20.3. The topological polar surface area (TPSA) is 41.6 Å². The normalized spacial score (nSPS) is 11.4. The molecule has 0 aliphatic carbocycles. The molecular weight excluding hydrogens is 498 g/mol. The van der Waals surface area contributed by atoms with Crippen molar-refractivity contribution < 1.29 is 0 Å². The molecule has 0 bridgehead atoms. The Morgan fingerprint density at radius 1 is 0.415 bits per heavy atom. The highest BCUT2D eigenvalue weighted by molar-refractivity contribution is 6.21. The number of aromatic amines is 1. The van der Waals surface area contributed by atoms with Gasteiger partial charge in [0.15, 0.2) is 0 Å². The molecule has 0 fully saturated rings. The van der Waals surface area contributed by atoms with E-state index in [4.69, 9.17) is 4.98 Å². The first-order valence-corrected chi connectivity index (χ1v) is 13.8. The van der Waals surface area contributed by atoms with Gasteiger partial charge in [-0.25, -0.2) is 4.98 Å². The maximum Gasteiger partial charge on any atom is 0.0715 e. The van der Waals surface area contributed by atoms with Crippen molar-refractivity contribution >= 4 is 32.4 Å². The third-order valence-electron chi connectivity index (χ3n) is 7.95. The summed E-state index contributed by atoms with van der Waals surface area (Å²) in [7, 11) is 0. The van der Waals surface area contributed by atoms with Gasteiger partial charge >= 0.3 is 0 Å². The lowest BCUT2D eigenvalue weighted by Gasteiger charge is -2.11. The van der Waals surface area contributed by atoms with Crippen LogP contribution in [0.5, 0.6) is 0 Å². The Morgan fingerprint density at radius 3 is 1.85 bits per heavy atom. The number of aromatic nitrogens is 3. The lowest BCUT2D eigenvalue weighted by Crippen LogP contribution is -1.90. The standard InChI is InChI=1S/C38H25N3/c1-3-9-26(10-4-1)36-33-20-18-30-28-13-7-14-31(35-16-8-15-34(40-35)25-21-23-39-24-22-25)29(28)17-19-32(30)38(33)41-37(36)27-11-5-2-6-12-27/h1-24,41H. The minimum absolute atomic E-state index is 0.942. The van der Waals surface area contributed by atoms with Crippen molar-refractivity contribution in [1.29, 1.82) is 0 Å². The van der Waals surface area contributed by atoms with Crippen LogP contribution < -0.4 is 0 Å². The molecule has 0 spiro atoms. The fourth-order valence-corrected chi connectivity index (χ4v) is 6.06. The summed E-state index contributed by atoms with van der Waals surface area (Å²) in [6.45, 7) is 0. The Morgan fingerprint density at radius 2 is 1.05 bits per heavy atom. The van der Waals surface area contributed by atoms with Crippen LogP contribution >= 0.6 is 0 Å². The molecule has 5 aromatic carbocycles. The van der Waals surface area contributed by atoms with E-state index in [1.165, 1.54) is 43.6 Å². The van der Waals surface area contributed by atoms with E-state index >= 15 is 0 Å². The van der Waals surface area contributed by atoms with Gasteiger partial charge in [-0.15, -0.1) is 0 Å². The molecule has 0 saturated heterocycles. The van der Waals surface area contributed by atoms with Crippen LogP contribution in [0.25, 0.3) is 77.3 Å². The quantitative estimate of drug-likeness (QED) is 0.233. The average molecular weight is 524 g/mol. The van der Waals surface area contributed by atoms with Gasteiger partial charge in [0.25, 0.3) is 0 Å². The maximum atomic E-state index is 5.04. The van der Waals surface area contributed by atoms with Crippen LogP contribution in [0.15, 0.2) is 146 Å². The zero-order valence-corrected chi connectivity index (χ0v) is 22.3. The van der Waals surface area contributed by atoms with E-state index < -0.39 is 0 Å². The monoisotopic (exact) mass is 523 g/mol. The number of hydrogen-bond acceptors (Lipinski definition) is 2. The van der Waals surface area contributed by atoms with Crippen molar-refractivity contribution in [3.8, 4) is 44.9 Å². The summed E-state index contributed by atoms with van der Waals surface area (Å²) >= 11 is 0. The molecule has 3 nitrogen and oxygen atoms in total. The second-order valence-corrected chi connectivity index (χ2v) is 10.3. The third kappa shape index (κ3) is 3.90. The SMILES string of the molecule is c1ccc(-c2[nH]c3c(ccc4c5cccc(-c6cccc(-c7ccncc7)n6)c5ccc43)c2-c2ccccc2)cc1. The van der Waals surface area contributed by atoms with Gasteiger partial charge in [0.2, 0.25) is 0 Å². The van der Waals surface area contributed by atoms with Crippen molar-refractivity contribution in [3.05, 3.63) is 146 Å². The maximum absolute atomic E-state index is 5.04. The summed E-state index contributed by atoms with van der Waals surface area (Å²) in [5.41, 5.74) is 10.0. The molecule has 41 heavy (non-hydrogen) atoms. The molecule has 0 radical (unpaired) electrons. The number of H-pyrrole nitrogens is 1. The Bertz CT molecular complexity index is 2180. The first kappa shape index (κ1) is 23.4. The summed E-state index contributed by atoms with van der Waals surface area (Å²) < 4.78 is 0. The number of nitrogens with one attached hydrogen (secondary N) is 1. The van der Waals surface area contributed by atoms with Crippen LogP contribution in [0.2, 0.25) is 0 Å². The molecule has 3 heterocycles. The zero-order chi connectivity index (χ0) is 27.2. The van der Waals surface area contributed by atoms with Gasteiger partial charge in [-0.05, 0) is 51.6 Å². The molecule has 0 unspecified atom stereocenters. The molecule has 0 amide bonds.